The minimum atomic E-state index is -0.837. The molecule has 0 atom stereocenters. The Morgan fingerprint density at radius 1 is 1.78 bits per heavy atom. The van der Waals surface area contributed by atoms with E-state index >= 15 is 0 Å². The van der Waals surface area contributed by atoms with Crippen LogP contribution < -0.4 is 5.32 Å². The molecule has 0 aliphatic heterocycles. The van der Waals surface area contributed by atoms with Crippen molar-refractivity contribution >= 4 is 5.97 Å². The Bertz CT molecular complexity index is 110. The number of rotatable bonds is 4. The maximum atomic E-state index is 9.87. The number of carboxylic acids is 1. The highest BCUT2D eigenvalue weighted by molar-refractivity contribution is 5.69. The predicted molar refractivity (Wildman–Crippen MR) is 35.1 cm³/mol. The highest BCUT2D eigenvalue weighted by Crippen LogP contribution is 1.74. The van der Waals surface area contributed by atoms with Crippen molar-refractivity contribution < 1.29 is 9.90 Å². The van der Waals surface area contributed by atoms with E-state index in [-0.39, 0.29) is 6.54 Å². The lowest BCUT2D eigenvalue weighted by Gasteiger charge is -1.91. The first-order valence-corrected chi connectivity index (χ1v) is 2.87. The summed E-state index contributed by atoms with van der Waals surface area (Å²) in [5, 5.41) is 10.7. The maximum Gasteiger partial charge on any atom is 0.322 e. The molecule has 0 aromatic heterocycles. The van der Waals surface area contributed by atoms with Gasteiger partial charge in [-0.15, -0.1) is 0 Å². The lowest BCUT2D eigenvalue weighted by atomic mass is 10.5. The second-order valence-electron chi connectivity index (χ2n) is 1.59. The van der Waals surface area contributed by atoms with Crippen LogP contribution in [0.15, 0.2) is 12.3 Å². The van der Waals surface area contributed by atoms with E-state index in [1.165, 1.54) is 0 Å². The summed E-state index contributed by atoms with van der Waals surface area (Å²) in [5.41, 5.74) is 0. The topological polar surface area (TPSA) is 49.3 Å². The molecule has 3 heteroatoms. The summed E-state index contributed by atoms with van der Waals surface area (Å²) in [6.07, 6.45) is 4.43. The fraction of sp³-hybridized carbons (Fsp3) is 0.500. The third-order valence-electron chi connectivity index (χ3n) is 0.725. The second-order valence-corrected chi connectivity index (χ2v) is 1.59. The van der Waals surface area contributed by atoms with E-state index in [4.69, 9.17) is 5.11 Å². The number of aliphatic carboxylic acids is 1. The first-order valence-electron chi connectivity index (χ1n) is 2.87. The molecule has 0 unspecified atom stereocenters. The lowest BCUT2D eigenvalue weighted by molar-refractivity contribution is -0.135. The SMILES string of the molecule is CCC=CNCC(=O)O. The molecule has 0 bridgehead atoms. The van der Waals surface area contributed by atoms with E-state index in [0.717, 1.165) is 6.42 Å². The van der Waals surface area contributed by atoms with Gasteiger partial charge in [0.1, 0.15) is 6.54 Å². The van der Waals surface area contributed by atoms with Crippen molar-refractivity contribution in [1.29, 1.82) is 0 Å². The van der Waals surface area contributed by atoms with Gasteiger partial charge in [-0.3, -0.25) is 4.79 Å². The first-order chi connectivity index (χ1) is 4.27. The number of hydrogen-bond donors (Lipinski definition) is 2. The minimum absolute atomic E-state index is 0.00347. The normalized spacial score (nSPS) is 9.89. The molecular formula is C6H11NO2. The van der Waals surface area contributed by atoms with Crippen molar-refractivity contribution in [3.8, 4) is 0 Å². The van der Waals surface area contributed by atoms with Crippen LogP contribution in [0.25, 0.3) is 0 Å². The van der Waals surface area contributed by atoms with E-state index < -0.39 is 5.97 Å². The van der Waals surface area contributed by atoms with Gasteiger partial charge in [-0.25, -0.2) is 0 Å². The monoisotopic (exact) mass is 129 g/mol. The summed E-state index contributed by atoms with van der Waals surface area (Å²) >= 11 is 0. The van der Waals surface area contributed by atoms with E-state index in [1.54, 1.807) is 6.20 Å². The van der Waals surface area contributed by atoms with Crippen LogP contribution in [-0.4, -0.2) is 17.6 Å². The van der Waals surface area contributed by atoms with Gasteiger partial charge in [0.25, 0.3) is 0 Å². The van der Waals surface area contributed by atoms with Gasteiger partial charge in [-0.1, -0.05) is 13.0 Å². The molecular weight excluding hydrogens is 118 g/mol. The average Bonchev–Trinajstić information content (AvgIpc) is 1.80. The van der Waals surface area contributed by atoms with Gasteiger partial charge >= 0.3 is 5.97 Å². The minimum Gasteiger partial charge on any atom is -0.480 e. The molecule has 0 spiro atoms. The molecule has 0 saturated heterocycles. The van der Waals surface area contributed by atoms with Crippen molar-refractivity contribution in [2.45, 2.75) is 13.3 Å². The maximum absolute atomic E-state index is 9.87. The molecule has 0 aromatic carbocycles. The molecule has 2 N–H and O–H groups in total. The Hall–Kier alpha value is -0.990. The number of nitrogens with one attached hydrogen (secondary N) is 1. The molecule has 0 radical (unpaired) electrons. The van der Waals surface area contributed by atoms with Gasteiger partial charge in [0.15, 0.2) is 0 Å². The van der Waals surface area contributed by atoms with Crippen LogP contribution >= 0.6 is 0 Å². The molecule has 3 nitrogen and oxygen atoms in total. The van der Waals surface area contributed by atoms with E-state index in [1.807, 2.05) is 13.0 Å². The van der Waals surface area contributed by atoms with Crippen LogP contribution in [0.5, 0.6) is 0 Å². The molecule has 0 aliphatic carbocycles. The van der Waals surface area contributed by atoms with Crippen LogP contribution in [0, 0.1) is 0 Å². The predicted octanol–water partition coefficient (Wildman–Crippen LogP) is 0.584. The zero-order valence-electron chi connectivity index (χ0n) is 5.42. The Kier molecular flexibility index (Phi) is 4.59. The van der Waals surface area contributed by atoms with E-state index in [9.17, 15) is 4.79 Å². The molecule has 0 amide bonds. The van der Waals surface area contributed by atoms with Gasteiger partial charge < -0.3 is 10.4 Å². The highest BCUT2D eigenvalue weighted by atomic mass is 16.4. The van der Waals surface area contributed by atoms with E-state index in [2.05, 4.69) is 5.32 Å². The van der Waals surface area contributed by atoms with Gasteiger partial charge in [0, 0.05) is 0 Å². The third kappa shape index (κ3) is 7.01. The average molecular weight is 129 g/mol. The van der Waals surface area contributed by atoms with Gasteiger partial charge in [-0.2, -0.15) is 0 Å². The van der Waals surface area contributed by atoms with E-state index in [0.29, 0.717) is 0 Å². The molecule has 0 heterocycles. The second kappa shape index (κ2) is 5.15. The molecule has 0 fully saturated rings. The van der Waals surface area contributed by atoms with Crippen molar-refractivity contribution in [1.82, 2.24) is 5.32 Å². The fourth-order valence-corrected chi connectivity index (χ4v) is 0.347. The largest absolute Gasteiger partial charge is 0.480 e. The zero-order valence-corrected chi connectivity index (χ0v) is 5.42. The summed E-state index contributed by atoms with van der Waals surface area (Å²) in [5.74, 6) is -0.837. The quantitative estimate of drug-likeness (QED) is 0.584. The first kappa shape index (κ1) is 8.01. The summed E-state index contributed by atoms with van der Waals surface area (Å²) in [6.45, 7) is 1.98. The van der Waals surface area contributed by atoms with Crippen LogP contribution in [0.3, 0.4) is 0 Å². The van der Waals surface area contributed by atoms with Crippen LogP contribution in [0.2, 0.25) is 0 Å². The summed E-state index contributed by atoms with van der Waals surface area (Å²) < 4.78 is 0. The highest BCUT2D eigenvalue weighted by Gasteiger charge is 1.88. The van der Waals surface area contributed by atoms with Crippen molar-refractivity contribution in [2.75, 3.05) is 6.54 Å². The molecule has 0 rings (SSSR count). The zero-order chi connectivity index (χ0) is 7.11. The third-order valence-corrected chi connectivity index (χ3v) is 0.725. The van der Waals surface area contributed by atoms with Crippen molar-refractivity contribution in [2.24, 2.45) is 0 Å². The number of carbonyl (C=O) groups is 1. The van der Waals surface area contributed by atoms with Crippen LogP contribution in [0.1, 0.15) is 13.3 Å². The van der Waals surface area contributed by atoms with Gasteiger partial charge in [0.05, 0.1) is 0 Å². The number of carboxylic acid groups (broad SMARTS) is 1. The molecule has 0 saturated carbocycles. The summed E-state index contributed by atoms with van der Waals surface area (Å²) in [7, 11) is 0. The van der Waals surface area contributed by atoms with Gasteiger partial charge in [0.2, 0.25) is 0 Å². The Labute approximate surface area is 54.4 Å². The molecule has 0 aliphatic rings. The fourth-order valence-electron chi connectivity index (χ4n) is 0.347. The van der Waals surface area contributed by atoms with Crippen molar-refractivity contribution in [3.63, 3.8) is 0 Å². The Balaban J connectivity index is 3.09. The standard InChI is InChI=1S/C6H11NO2/c1-2-3-4-7-5-6(8)9/h3-4,7H,2,5H2,1H3,(H,8,9). The Morgan fingerprint density at radius 3 is 2.89 bits per heavy atom. The number of hydrogen-bond acceptors (Lipinski definition) is 2. The molecule has 52 valence electrons. The smallest absolute Gasteiger partial charge is 0.322 e. The lowest BCUT2D eigenvalue weighted by Crippen LogP contribution is -2.16. The molecule has 0 aromatic rings. The Morgan fingerprint density at radius 2 is 2.44 bits per heavy atom. The summed E-state index contributed by atoms with van der Waals surface area (Å²) in [6, 6.07) is 0. The number of allylic oxidation sites excluding steroid dienone is 1. The van der Waals surface area contributed by atoms with Crippen LogP contribution in [-0.2, 0) is 4.79 Å². The van der Waals surface area contributed by atoms with Crippen molar-refractivity contribution in [3.05, 3.63) is 12.3 Å². The molecule has 9 heavy (non-hydrogen) atoms. The summed E-state index contributed by atoms with van der Waals surface area (Å²) in [4.78, 5) is 9.87. The van der Waals surface area contributed by atoms with Crippen LogP contribution in [0.4, 0.5) is 0 Å². The van der Waals surface area contributed by atoms with Gasteiger partial charge in [-0.05, 0) is 12.6 Å².